The fourth-order valence-electron chi connectivity index (χ4n) is 3.38. The van der Waals surface area contributed by atoms with Gasteiger partial charge in [0.15, 0.2) is 0 Å². The van der Waals surface area contributed by atoms with Crippen LogP contribution in [0.25, 0.3) is 21.8 Å². The smallest absolute Gasteiger partial charge is 0.313 e. The standard InChI is InChI=1S/C22H20N2O3/c25-21(11-9-15-13-23-19-7-3-1-5-17(15)19)27-22(26)12-10-16-14-24-20-8-4-2-6-18(16)20/h1-8,13-14,23-24H,9-12H2. The van der Waals surface area contributed by atoms with Gasteiger partial charge in [-0.25, -0.2) is 0 Å². The van der Waals surface area contributed by atoms with E-state index >= 15 is 0 Å². The molecule has 0 aliphatic rings. The van der Waals surface area contributed by atoms with Crippen LogP contribution in [-0.2, 0) is 27.2 Å². The van der Waals surface area contributed by atoms with Crippen LogP contribution in [-0.4, -0.2) is 21.9 Å². The number of carbonyl (C=O) groups is 2. The van der Waals surface area contributed by atoms with Crippen molar-refractivity contribution in [2.45, 2.75) is 25.7 Å². The van der Waals surface area contributed by atoms with Crippen LogP contribution in [0.2, 0.25) is 0 Å². The van der Waals surface area contributed by atoms with Crippen molar-refractivity contribution < 1.29 is 14.3 Å². The topological polar surface area (TPSA) is 75.0 Å². The van der Waals surface area contributed by atoms with Crippen LogP contribution in [0.15, 0.2) is 60.9 Å². The molecule has 5 heteroatoms. The van der Waals surface area contributed by atoms with E-state index in [1.807, 2.05) is 60.9 Å². The molecule has 0 saturated heterocycles. The molecular weight excluding hydrogens is 340 g/mol. The zero-order valence-electron chi connectivity index (χ0n) is 14.8. The maximum atomic E-state index is 12.0. The highest BCUT2D eigenvalue weighted by Crippen LogP contribution is 2.20. The Morgan fingerprint density at radius 3 is 1.63 bits per heavy atom. The molecule has 27 heavy (non-hydrogen) atoms. The summed E-state index contributed by atoms with van der Waals surface area (Å²) in [7, 11) is 0. The molecule has 0 spiro atoms. The maximum Gasteiger partial charge on any atom is 0.313 e. The summed E-state index contributed by atoms with van der Waals surface area (Å²) in [5.41, 5.74) is 4.17. The van der Waals surface area contributed by atoms with Crippen LogP contribution in [0.4, 0.5) is 0 Å². The van der Waals surface area contributed by atoms with Crippen LogP contribution in [0.5, 0.6) is 0 Å². The Morgan fingerprint density at radius 2 is 1.15 bits per heavy atom. The second kappa shape index (κ2) is 7.50. The van der Waals surface area contributed by atoms with Gasteiger partial charge in [-0.05, 0) is 36.1 Å². The fourth-order valence-corrected chi connectivity index (χ4v) is 3.38. The van der Waals surface area contributed by atoms with Crippen molar-refractivity contribution in [1.82, 2.24) is 9.97 Å². The highest BCUT2D eigenvalue weighted by atomic mass is 16.6. The molecule has 0 bridgehead atoms. The number of aryl methyl sites for hydroxylation is 2. The molecule has 0 radical (unpaired) electrons. The van der Waals surface area contributed by atoms with E-state index in [0.29, 0.717) is 12.8 Å². The second-order valence-corrected chi connectivity index (χ2v) is 6.57. The van der Waals surface area contributed by atoms with Gasteiger partial charge in [0.05, 0.1) is 12.8 Å². The molecule has 0 unspecified atom stereocenters. The number of esters is 2. The number of fused-ring (bicyclic) bond motifs is 2. The minimum absolute atomic E-state index is 0.181. The summed E-state index contributed by atoms with van der Waals surface area (Å²) in [6.45, 7) is 0. The normalized spacial score (nSPS) is 11.1. The number of hydrogen-bond donors (Lipinski definition) is 2. The van der Waals surface area contributed by atoms with Gasteiger partial charge in [0.2, 0.25) is 0 Å². The summed E-state index contributed by atoms with van der Waals surface area (Å²) in [6.07, 6.45) is 5.24. The number of aromatic amines is 2. The molecular formula is C22H20N2O3. The number of carbonyl (C=O) groups excluding carboxylic acids is 2. The Labute approximate surface area is 156 Å². The number of benzene rings is 2. The van der Waals surface area contributed by atoms with Gasteiger partial charge in [-0.3, -0.25) is 9.59 Å². The first-order valence-electron chi connectivity index (χ1n) is 9.04. The van der Waals surface area contributed by atoms with Crippen molar-refractivity contribution in [3.63, 3.8) is 0 Å². The van der Waals surface area contributed by atoms with E-state index in [0.717, 1.165) is 32.9 Å². The molecule has 0 atom stereocenters. The van der Waals surface area contributed by atoms with E-state index in [2.05, 4.69) is 9.97 Å². The molecule has 4 aromatic rings. The monoisotopic (exact) mass is 360 g/mol. The second-order valence-electron chi connectivity index (χ2n) is 6.57. The quantitative estimate of drug-likeness (QED) is 0.398. The number of hydrogen-bond acceptors (Lipinski definition) is 3. The van der Waals surface area contributed by atoms with Crippen LogP contribution >= 0.6 is 0 Å². The Kier molecular flexibility index (Phi) is 4.75. The van der Waals surface area contributed by atoms with Gasteiger partial charge < -0.3 is 14.7 Å². The lowest BCUT2D eigenvalue weighted by atomic mass is 10.1. The first-order valence-corrected chi connectivity index (χ1v) is 9.04. The number of aromatic nitrogens is 2. The highest BCUT2D eigenvalue weighted by Gasteiger charge is 2.13. The molecule has 2 aromatic carbocycles. The van der Waals surface area contributed by atoms with Gasteiger partial charge in [-0.2, -0.15) is 0 Å². The first-order chi connectivity index (χ1) is 13.2. The minimum atomic E-state index is -0.482. The van der Waals surface area contributed by atoms with Crippen LogP contribution in [0, 0.1) is 0 Å². The van der Waals surface area contributed by atoms with Gasteiger partial charge in [0.1, 0.15) is 0 Å². The van der Waals surface area contributed by atoms with Crippen LogP contribution in [0.3, 0.4) is 0 Å². The van der Waals surface area contributed by atoms with Gasteiger partial charge in [-0.15, -0.1) is 0 Å². The molecule has 0 saturated carbocycles. The molecule has 0 aliphatic heterocycles. The third-order valence-electron chi connectivity index (χ3n) is 4.77. The van der Waals surface area contributed by atoms with E-state index < -0.39 is 11.9 Å². The molecule has 2 N–H and O–H groups in total. The Balaban J connectivity index is 1.28. The van der Waals surface area contributed by atoms with E-state index in [9.17, 15) is 9.59 Å². The predicted molar refractivity (Wildman–Crippen MR) is 104 cm³/mol. The zero-order valence-corrected chi connectivity index (χ0v) is 14.8. The number of nitrogens with one attached hydrogen (secondary N) is 2. The molecule has 0 fully saturated rings. The molecule has 2 heterocycles. The van der Waals surface area contributed by atoms with E-state index in [4.69, 9.17) is 4.74 Å². The molecule has 4 rings (SSSR count). The van der Waals surface area contributed by atoms with E-state index in [1.54, 1.807) is 0 Å². The van der Waals surface area contributed by atoms with Crippen molar-refractivity contribution in [2.24, 2.45) is 0 Å². The van der Waals surface area contributed by atoms with Crippen molar-refractivity contribution >= 4 is 33.7 Å². The number of H-pyrrole nitrogens is 2. The molecule has 2 aromatic heterocycles. The van der Waals surface area contributed by atoms with Crippen molar-refractivity contribution in [3.8, 4) is 0 Å². The lowest BCUT2D eigenvalue weighted by Crippen LogP contribution is -2.13. The average molecular weight is 360 g/mol. The summed E-state index contributed by atoms with van der Waals surface area (Å²) in [6, 6.07) is 15.9. The molecule has 136 valence electrons. The van der Waals surface area contributed by atoms with Crippen LogP contribution < -0.4 is 0 Å². The van der Waals surface area contributed by atoms with Gasteiger partial charge in [-0.1, -0.05) is 36.4 Å². The molecule has 0 aliphatic carbocycles. The average Bonchev–Trinajstić information content (AvgIpc) is 3.29. The van der Waals surface area contributed by atoms with Gasteiger partial charge in [0, 0.05) is 34.2 Å². The van der Waals surface area contributed by atoms with E-state index in [-0.39, 0.29) is 12.8 Å². The van der Waals surface area contributed by atoms with Gasteiger partial charge in [0.25, 0.3) is 0 Å². The largest absolute Gasteiger partial charge is 0.393 e. The zero-order chi connectivity index (χ0) is 18.6. The number of rotatable bonds is 6. The summed E-state index contributed by atoms with van der Waals surface area (Å²) >= 11 is 0. The Hall–Kier alpha value is -3.34. The summed E-state index contributed by atoms with van der Waals surface area (Å²) in [5, 5.41) is 2.19. The highest BCUT2D eigenvalue weighted by molar-refractivity contribution is 5.88. The third-order valence-corrected chi connectivity index (χ3v) is 4.77. The molecule has 5 nitrogen and oxygen atoms in total. The number of para-hydroxylation sites is 2. The summed E-state index contributed by atoms with van der Waals surface area (Å²) in [5.74, 6) is -0.964. The Bertz CT molecular complexity index is 1020. The minimum Gasteiger partial charge on any atom is -0.393 e. The number of ether oxygens (including phenoxy) is 1. The van der Waals surface area contributed by atoms with Crippen LogP contribution in [0.1, 0.15) is 24.0 Å². The summed E-state index contributed by atoms with van der Waals surface area (Å²) < 4.78 is 4.97. The Morgan fingerprint density at radius 1 is 0.704 bits per heavy atom. The fraction of sp³-hybridized carbons (Fsp3) is 0.182. The van der Waals surface area contributed by atoms with Crippen molar-refractivity contribution in [2.75, 3.05) is 0 Å². The van der Waals surface area contributed by atoms with Gasteiger partial charge >= 0.3 is 11.9 Å². The van der Waals surface area contributed by atoms with Crippen molar-refractivity contribution in [3.05, 3.63) is 72.1 Å². The lowest BCUT2D eigenvalue weighted by Gasteiger charge is -2.03. The first kappa shape index (κ1) is 17.1. The third kappa shape index (κ3) is 3.77. The van der Waals surface area contributed by atoms with E-state index in [1.165, 1.54) is 0 Å². The molecule has 0 amide bonds. The maximum absolute atomic E-state index is 12.0. The lowest BCUT2D eigenvalue weighted by molar-refractivity contribution is -0.159. The summed E-state index contributed by atoms with van der Waals surface area (Å²) in [4.78, 5) is 30.4. The predicted octanol–water partition coefficient (Wildman–Crippen LogP) is 4.28. The SMILES string of the molecule is O=C(CCc1c[nH]c2ccccc12)OC(=O)CCc1c[nH]c2ccccc12. The van der Waals surface area contributed by atoms with Crippen molar-refractivity contribution in [1.29, 1.82) is 0 Å².